The van der Waals surface area contributed by atoms with Crippen LogP contribution in [-0.2, 0) is 0 Å². The Morgan fingerprint density at radius 2 is 1.44 bits per heavy atom. The maximum absolute atomic E-state index is 3.82. The van der Waals surface area contributed by atoms with E-state index in [0.717, 1.165) is 0 Å². The second kappa shape index (κ2) is 7.23. The summed E-state index contributed by atoms with van der Waals surface area (Å²) >= 11 is 1.72. The molecule has 0 N–H and O–H groups in total. The lowest BCUT2D eigenvalue weighted by Gasteiger charge is -2.21. The third-order valence-corrected chi connectivity index (χ3v) is 3.23. The van der Waals surface area contributed by atoms with Crippen LogP contribution in [0.2, 0.25) is 0 Å². The van der Waals surface area contributed by atoms with Crippen LogP contribution < -0.4 is 0 Å². The maximum atomic E-state index is 3.82. The van der Waals surface area contributed by atoms with Crippen molar-refractivity contribution in [1.29, 1.82) is 0 Å². The van der Waals surface area contributed by atoms with Gasteiger partial charge >= 0.3 is 0 Å². The molecule has 0 aromatic carbocycles. The summed E-state index contributed by atoms with van der Waals surface area (Å²) < 4.78 is 0. The van der Waals surface area contributed by atoms with Crippen molar-refractivity contribution in [1.82, 2.24) is 0 Å². The minimum absolute atomic E-state index is 1.22. The molecule has 18 heavy (non-hydrogen) atoms. The van der Waals surface area contributed by atoms with Crippen molar-refractivity contribution in [3.05, 3.63) is 98.5 Å². The summed E-state index contributed by atoms with van der Waals surface area (Å²) in [6, 6.07) is 0. The summed E-state index contributed by atoms with van der Waals surface area (Å²) in [6.45, 7) is 3.82. The van der Waals surface area contributed by atoms with Crippen LogP contribution in [0, 0.1) is 63.2 Å². The van der Waals surface area contributed by atoms with E-state index in [1.165, 1.54) is 23.0 Å². The second-order valence-corrected chi connectivity index (χ2v) is 4.64. The average Bonchev–Trinajstić information content (AvgIpc) is 3.05. The SMILES string of the molecule is C=C/C=C([C]1[CH][CH][CH][CH]1)\C(=C\SC)[C]1[CH][CH][CH][CH]1. The van der Waals surface area contributed by atoms with Gasteiger partial charge in [-0.05, 0) is 74.2 Å². The first kappa shape index (κ1) is 14.0. The molecular formula is C17H16S. The van der Waals surface area contributed by atoms with Gasteiger partial charge in [0, 0.05) is 11.8 Å². The zero-order valence-corrected chi connectivity index (χ0v) is 11.3. The Kier molecular flexibility index (Phi) is 5.62. The highest BCUT2D eigenvalue weighted by Crippen LogP contribution is 2.42. The molecule has 0 atom stereocenters. The molecule has 2 aliphatic rings. The summed E-state index contributed by atoms with van der Waals surface area (Å²) in [5.41, 5.74) is 2.47. The monoisotopic (exact) mass is 252 g/mol. The van der Waals surface area contributed by atoms with E-state index >= 15 is 0 Å². The van der Waals surface area contributed by atoms with Crippen molar-refractivity contribution in [3.63, 3.8) is 0 Å². The topological polar surface area (TPSA) is 0 Å². The van der Waals surface area contributed by atoms with Gasteiger partial charge in [-0.15, -0.1) is 11.8 Å². The van der Waals surface area contributed by atoms with Crippen LogP contribution in [-0.4, -0.2) is 6.26 Å². The Bertz CT molecular complexity index is 326. The van der Waals surface area contributed by atoms with E-state index in [1.807, 2.05) is 6.08 Å². The Morgan fingerprint density at radius 1 is 0.944 bits per heavy atom. The van der Waals surface area contributed by atoms with Gasteiger partial charge < -0.3 is 0 Å². The molecule has 0 spiro atoms. The van der Waals surface area contributed by atoms with Crippen LogP contribution in [0.5, 0.6) is 0 Å². The third kappa shape index (κ3) is 3.32. The summed E-state index contributed by atoms with van der Waals surface area (Å²) in [5, 5.41) is 2.19. The first-order valence-electron chi connectivity index (χ1n) is 5.87. The van der Waals surface area contributed by atoms with Gasteiger partial charge in [0.2, 0.25) is 0 Å². The number of rotatable bonds is 5. The standard InChI is InChI=1S/C17H16S/c1-3-8-16(14-9-4-5-10-14)17(13-18-2)15-11-6-7-12-15/h3-13H,1H2,2H3/b16-8-,17-13+. The Morgan fingerprint density at radius 3 is 1.89 bits per heavy atom. The molecule has 10 radical (unpaired) electrons. The fraction of sp³-hybridized carbons (Fsp3) is 0.0588. The molecule has 2 rings (SSSR count). The summed E-state index contributed by atoms with van der Waals surface area (Å²) in [6.07, 6.45) is 22.8. The highest BCUT2D eigenvalue weighted by atomic mass is 32.2. The Labute approximate surface area is 117 Å². The van der Waals surface area contributed by atoms with Crippen molar-refractivity contribution in [2.24, 2.45) is 0 Å². The zero-order chi connectivity index (χ0) is 12.8. The minimum atomic E-state index is 1.22. The van der Waals surface area contributed by atoms with Crippen molar-refractivity contribution in [3.8, 4) is 0 Å². The molecule has 2 saturated carbocycles. The van der Waals surface area contributed by atoms with E-state index < -0.39 is 0 Å². The van der Waals surface area contributed by atoms with Crippen LogP contribution >= 0.6 is 11.8 Å². The Balaban J connectivity index is 2.21. The van der Waals surface area contributed by atoms with Crippen LogP contribution in [0.3, 0.4) is 0 Å². The lowest BCUT2D eigenvalue weighted by atomic mass is 9.84. The van der Waals surface area contributed by atoms with Gasteiger partial charge in [-0.1, -0.05) is 18.7 Å². The Hall–Kier alpha value is -0.430. The maximum Gasteiger partial charge on any atom is 0.0132 e. The molecule has 0 heterocycles. The van der Waals surface area contributed by atoms with Crippen molar-refractivity contribution >= 4 is 11.8 Å². The number of hydrogen-bond acceptors (Lipinski definition) is 1. The quantitative estimate of drug-likeness (QED) is 0.662. The molecule has 0 aromatic rings. The molecule has 0 bridgehead atoms. The largest absolute Gasteiger partial charge is 0.137 e. The summed E-state index contributed by atoms with van der Waals surface area (Å²) in [5.74, 6) is 2.48. The van der Waals surface area contributed by atoms with E-state index in [4.69, 9.17) is 0 Å². The predicted octanol–water partition coefficient (Wildman–Crippen LogP) is 4.16. The molecular weight excluding hydrogens is 236 g/mol. The number of allylic oxidation sites excluding steroid dienone is 4. The molecule has 90 valence electrons. The highest BCUT2D eigenvalue weighted by Gasteiger charge is 2.29. The second-order valence-electron chi connectivity index (χ2n) is 3.93. The van der Waals surface area contributed by atoms with E-state index in [1.54, 1.807) is 11.8 Å². The fourth-order valence-corrected chi connectivity index (χ4v) is 2.47. The summed E-state index contributed by atoms with van der Waals surface area (Å²) in [4.78, 5) is 0. The van der Waals surface area contributed by atoms with Crippen molar-refractivity contribution < 1.29 is 0 Å². The van der Waals surface area contributed by atoms with Gasteiger partial charge in [-0.2, -0.15) is 0 Å². The van der Waals surface area contributed by atoms with Crippen LogP contribution in [0.4, 0.5) is 0 Å². The molecule has 0 nitrogen and oxygen atoms in total. The van der Waals surface area contributed by atoms with Gasteiger partial charge in [0.15, 0.2) is 0 Å². The van der Waals surface area contributed by atoms with E-state index in [-0.39, 0.29) is 0 Å². The first-order chi connectivity index (χ1) is 8.86. The summed E-state index contributed by atoms with van der Waals surface area (Å²) in [7, 11) is 0. The molecule has 0 aliphatic heterocycles. The zero-order valence-electron chi connectivity index (χ0n) is 10.5. The third-order valence-electron chi connectivity index (χ3n) is 2.76. The predicted molar refractivity (Wildman–Crippen MR) is 80.8 cm³/mol. The van der Waals surface area contributed by atoms with E-state index in [2.05, 4.69) is 75.7 Å². The molecule has 0 aromatic heterocycles. The minimum Gasteiger partial charge on any atom is -0.137 e. The van der Waals surface area contributed by atoms with Gasteiger partial charge in [0.05, 0.1) is 0 Å². The van der Waals surface area contributed by atoms with Gasteiger partial charge in [-0.3, -0.25) is 0 Å². The smallest absolute Gasteiger partial charge is 0.0132 e. The number of thioether (sulfide) groups is 1. The van der Waals surface area contributed by atoms with Crippen LogP contribution in [0.25, 0.3) is 0 Å². The van der Waals surface area contributed by atoms with Crippen molar-refractivity contribution in [2.75, 3.05) is 6.26 Å². The van der Waals surface area contributed by atoms with Gasteiger partial charge in [-0.25, -0.2) is 0 Å². The van der Waals surface area contributed by atoms with Gasteiger partial charge in [0.1, 0.15) is 0 Å². The van der Waals surface area contributed by atoms with E-state index in [0.29, 0.717) is 0 Å². The lowest BCUT2D eigenvalue weighted by Crippen LogP contribution is -2.07. The molecule has 0 saturated heterocycles. The molecule has 0 unspecified atom stereocenters. The first-order valence-corrected chi connectivity index (χ1v) is 7.16. The molecule has 1 heteroatoms. The van der Waals surface area contributed by atoms with Crippen LogP contribution in [0.15, 0.2) is 35.3 Å². The fourth-order valence-electron chi connectivity index (χ4n) is 1.97. The van der Waals surface area contributed by atoms with Crippen LogP contribution in [0.1, 0.15) is 0 Å². The molecule has 0 amide bonds. The normalized spacial score (nSPS) is 23.8. The molecule has 2 aliphatic carbocycles. The van der Waals surface area contributed by atoms with Gasteiger partial charge in [0.25, 0.3) is 0 Å². The van der Waals surface area contributed by atoms with E-state index in [9.17, 15) is 0 Å². The highest BCUT2D eigenvalue weighted by molar-refractivity contribution is 8.01. The molecule has 2 fully saturated rings. The lowest BCUT2D eigenvalue weighted by molar-refractivity contribution is 1.18. The average molecular weight is 252 g/mol. The number of hydrogen-bond donors (Lipinski definition) is 0. The van der Waals surface area contributed by atoms with Crippen molar-refractivity contribution in [2.45, 2.75) is 0 Å².